The summed E-state index contributed by atoms with van der Waals surface area (Å²) in [6.45, 7) is 4.01. The second kappa shape index (κ2) is 6.30. The first-order chi connectivity index (χ1) is 9.43. The van der Waals surface area contributed by atoms with Crippen LogP contribution >= 0.6 is 27.3 Å². The lowest BCUT2D eigenvalue weighted by atomic mass is 10.0. The number of hydrogen-bond acceptors (Lipinski definition) is 3. The molecule has 1 unspecified atom stereocenters. The molecule has 0 bridgehead atoms. The first-order valence-electron chi connectivity index (χ1n) is 6.09. The van der Waals surface area contributed by atoms with Crippen LogP contribution < -0.4 is 11.3 Å². The van der Waals surface area contributed by atoms with Gasteiger partial charge < -0.3 is 0 Å². The van der Waals surface area contributed by atoms with Crippen molar-refractivity contribution in [2.75, 3.05) is 0 Å². The molecule has 0 saturated carbocycles. The van der Waals surface area contributed by atoms with Gasteiger partial charge in [0.05, 0.1) is 10.5 Å². The summed E-state index contributed by atoms with van der Waals surface area (Å²) in [7, 11) is 0. The van der Waals surface area contributed by atoms with Crippen LogP contribution in [-0.2, 0) is 6.42 Å². The van der Waals surface area contributed by atoms with E-state index in [1.165, 1.54) is 17.0 Å². The molecule has 1 heterocycles. The van der Waals surface area contributed by atoms with Gasteiger partial charge in [-0.1, -0.05) is 0 Å². The Labute approximate surface area is 129 Å². The summed E-state index contributed by atoms with van der Waals surface area (Å²) in [6, 6.07) is 4.29. The zero-order chi connectivity index (χ0) is 14.9. The maximum Gasteiger partial charge on any atom is 0.143 e. The molecule has 3 N–H and O–H groups in total. The Kier molecular flexibility index (Phi) is 4.90. The number of nitrogens with two attached hydrogens (primary N) is 1. The van der Waals surface area contributed by atoms with Crippen LogP contribution in [0, 0.1) is 25.5 Å². The second-order valence-electron chi connectivity index (χ2n) is 4.63. The molecule has 1 aromatic heterocycles. The molecular weight excluding hydrogens is 346 g/mol. The SMILES string of the molecule is Cc1cc(C(Cc2c(F)ccc(Br)c2F)NN)sc1C. The first-order valence-corrected chi connectivity index (χ1v) is 7.70. The third-order valence-corrected chi connectivity index (χ3v) is 5.16. The fourth-order valence-corrected chi connectivity index (χ4v) is 3.45. The van der Waals surface area contributed by atoms with Gasteiger partial charge in [0, 0.05) is 15.3 Å². The van der Waals surface area contributed by atoms with E-state index in [0.717, 1.165) is 10.4 Å². The third-order valence-electron chi connectivity index (χ3n) is 3.28. The normalized spacial score (nSPS) is 12.7. The van der Waals surface area contributed by atoms with Crippen LogP contribution in [0.25, 0.3) is 0 Å². The van der Waals surface area contributed by atoms with Crippen LogP contribution in [0.5, 0.6) is 0 Å². The minimum atomic E-state index is -0.574. The van der Waals surface area contributed by atoms with Crippen molar-refractivity contribution >= 4 is 27.3 Å². The van der Waals surface area contributed by atoms with E-state index in [-0.39, 0.29) is 22.5 Å². The van der Waals surface area contributed by atoms with Crippen LogP contribution in [0.3, 0.4) is 0 Å². The van der Waals surface area contributed by atoms with E-state index in [1.807, 2.05) is 19.9 Å². The van der Waals surface area contributed by atoms with Gasteiger partial charge in [0.2, 0.25) is 0 Å². The van der Waals surface area contributed by atoms with Gasteiger partial charge >= 0.3 is 0 Å². The molecule has 0 aliphatic heterocycles. The summed E-state index contributed by atoms with van der Waals surface area (Å²) in [5.74, 6) is 4.42. The summed E-state index contributed by atoms with van der Waals surface area (Å²) in [5, 5.41) is 0. The van der Waals surface area contributed by atoms with E-state index in [1.54, 1.807) is 11.3 Å². The molecule has 2 nitrogen and oxygen atoms in total. The Bertz CT molecular complexity index is 608. The highest BCUT2D eigenvalue weighted by Gasteiger charge is 2.20. The first kappa shape index (κ1) is 15.6. The summed E-state index contributed by atoms with van der Waals surface area (Å²) in [5.41, 5.74) is 3.83. The molecule has 0 fully saturated rings. The molecule has 0 aliphatic rings. The molecule has 108 valence electrons. The monoisotopic (exact) mass is 360 g/mol. The van der Waals surface area contributed by atoms with Crippen molar-refractivity contribution in [3.05, 3.63) is 55.2 Å². The van der Waals surface area contributed by atoms with Gasteiger partial charge in [0.25, 0.3) is 0 Å². The average Bonchev–Trinajstić information content (AvgIpc) is 2.74. The van der Waals surface area contributed by atoms with Crippen molar-refractivity contribution in [1.82, 2.24) is 5.43 Å². The second-order valence-corrected chi connectivity index (χ2v) is 6.78. The minimum absolute atomic E-state index is 0.0334. The van der Waals surface area contributed by atoms with Crippen LogP contribution in [0.15, 0.2) is 22.7 Å². The van der Waals surface area contributed by atoms with Crippen LogP contribution in [0.4, 0.5) is 8.78 Å². The fraction of sp³-hybridized carbons (Fsp3) is 0.286. The number of aryl methyl sites for hydroxylation is 2. The number of halogens is 3. The molecule has 1 atom stereocenters. The van der Waals surface area contributed by atoms with E-state index in [4.69, 9.17) is 5.84 Å². The fourth-order valence-electron chi connectivity index (χ4n) is 1.98. The molecule has 20 heavy (non-hydrogen) atoms. The average molecular weight is 361 g/mol. The molecule has 2 rings (SSSR count). The molecule has 1 aromatic carbocycles. The Hall–Kier alpha value is -0.820. The predicted octanol–water partition coefficient (Wildman–Crippen LogP) is 4.15. The maximum absolute atomic E-state index is 14.0. The van der Waals surface area contributed by atoms with E-state index < -0.39 is 11.6 Å². The van der Waals surface area contributed by atoms with E-state index in [0.29, 0.717) is 0 Å². The van der Waals surface area contributed by atoms with Gasteiger partial charge in [-0.25, -0.2) is 8.78 Å². The van der Waals surface area contributed by atoms with Crippen LogP contribution in [0.1, 0.15) is 26.9 Å². The van der Waals surface area contributed by atoms with Crippen molar-refractivity contribution in [2.45, 2.75) is 26.3 Å². The summed E-state index contributed by atoms with van der Waals surface area (Å²) in [4.78, 5) is 2.15. The topological polar surface area (TPSA) is 38.0 Å². The highest BCUT2D eigenvalue weighted by Crippen LogP contribution is 2.31. The van der Waals surface area contributed by atoms with Crippen LogP contribution in [-0.4, -0.2) is 0 Å². The van der Waals surface area contributed by atoms with Gasteiger partial charge in [-0.15, -0.1) is 11.3 Å². The van der Waals surface area contributed by atoms with Crippen molar-refractivity contribution < 1.29 is 8.78 Å². The molecule has 0 amide bonds. The van der Waals surface area contributed by atoms with Crippen molar-refractivity contribution in [2.24, 2.45) is 5.84 Å². The summed E-state index contributed by atoms with van der Waals surface area (Å²) < 4.78 is 28.1. The maximum atomic E-state index is 14.0. The quantitative estimate of drug-likeness (QED) is 0.488. The highest BCUT2D eigenvalue weighted by molar-refractivity contribution is 9.10. The summed E-state index contributed by atoms with van der Waals surface area (Å²) in [6.07, 6.45) is 0.160. The van der Waals surface area contributed by atoms with E-state index >= 15 is 0 Å². The molecule has 6 heteroatoms. The van der Waals surface area contributed by atoms with Gasteiger partial charge in [0.1, 0.15) is 11.6 Å². The molecule has 0 aliphatic carbocycles. The molecule has 0 radical (unpaired) electrons. The van der Waals surface area contributed by atoms with Crippen molar-refractivity contribution in [3.8, 4) is 0 Å². The van der Waals surface area contributed by atoms with Crippen LogP contribution in [0.2, 0.25) is 0 Å². The standard InChI is InChI=1S/C14H15BrF2N2S/c1-7-5-13(20-8(7)2)12(19-18)6-9-11(16)4-3-10(15)14(9)17/h3-5,12,19H,6,18H2,1-2H3. The molecule has 2 aromatic rings. The predicted molar refractivity (Wildman–Crippen MR) is 81.6 cm³/mol. The lowest BCUT2D eigenvalue weighted by Gasteiger charge is -2.15. The minimum Gasteiger partial charge on any atom is -0.271 e. The molecular formula is C14H15BrF2N2S. The lowest BCUT2D eigenvalue weighted by molar-refractivity contribution is 0.502. The lowest BCUT2D eigenvalue weighted by Crippen LogP contribution is -2.29. The highest BCUT2D eigenvalue weighted by atomic mass is 79.9. The number of rotatable bonds is 4. The third kappa shape index (κ3) is 3.09. The molecule has 0 saturated heterocycles. The Morgan fingerprint density at radius 2 is 2.05 bits per heavy atom. The van der Waals surface area contributed by atoms with Gasteiger partial charge in [-0.3, -0.25) is 11.3 Å². The Balaban J connectivity index is 2.34. The zero-order valence-corrected chi connectivity index (χ0v) is 13.5. The number of hydrogen-bond donors (Lipinski definition) is 2. The van der Waals surface area contributed by atoms with Gasteiger partial charge in [-0.2, -0.15) is 0 Å². The van der Waals surface area contributed by atoms with E-state index in [2.05, 4.69) is 21.4 Å². The van der Waals surface area contributed by atoms with E-state index in [9.17, 15) is 8.78 Å². The van der Waals surface area contributed by atoms with Crippen molar-refractivity contribution in [1.29, 1.82) is 0 Å². The Morgan fingerprint density at radius 3 is 2.60 bits per heavy atom. The number of benzene rings is 1. The zero-order valence-electron chi connectivity index (χ0n) is 11.1. The van der Waals surface area contributed by atoms with Gasteiger partial charge in [-0.05, 0) is 60.0 Å². The largest absolute Gasteiger partial charge is 0.271 e. The summed E-state index contributed by atoms with van der Waals surface area (Å²) >= 11 is 4.66. The number of thiophene rings is 1. The molecule has 0 spiro atoms. The Morgan fingerprint density at radius 1 is 1.35 bits per heavy atom. The van der Waals surface area contributed by atoms with Gasteiger partial charge in [0.15, 0.2) is 0 Å². The number of hydrazine groups is 1. The number of nitrogens with one attached hydrogen (secondary N) is 1. The smallest absolute Gasteiger partial charge is 0.143 e. The van der Waals surface area contributed by atoms with Crippen molar-refractivity contribution in [3.63, 3.8) is 0 Å².